The van der Waals surface area contributed by atoms with Gasteiger partial charge in [-0.3, -0.25) is 9.59 Å². The monoisotopic (exact) mass is 326 g/mol. The lowest BCUT2D eigenvalue weighted by Gasteiger charge is -2.33. The number of piperidine rings is 1. The van der Waals surface area contributed by atoms with E-state index in [0.717, 1.165) is 25.9 Å². The number of fused-ring (bicyclic) bond motifs is 1. The number of carbonyl (C=O) groups is 2. The topological polar surface area (TPSA) is 66.7 Å². The molecule has 2 aromatic heterocycles. The van der Waals surface area contributed by atoms with Crippen molar-refractivity contribution in [2.75, 3.05) is 13.1 Å². The van der Waals surface area contributed by atoms with Gasteiger partial charge >= 0.3 is 0 Å². The maximum absolute atomic E-state index is 12.6. The fraction of sp³-hybridized carbons (Fsp3) is 0.500. The van der Waals surface area contributed by atoms with Crippen LogP contribution in [0.4, 0.5) is 0 Å². The van der Waals surface area contributed by atoms with Crippen LogP contribution >= 0.6 is 0 Å². The molecule has 4 rings (SSSR count). The molecule has 0 aromatic carbocycles. The summed E-state index contributed by atoms with van der Waals surface area (Å²) >= 11 is 0. The van der Waals surface area contributed by atoms with E-state index in [9.17, 15) is 9.59 Å². The first kappa shape index (κ1) is 15.2. The molecule has 1 atom stereocenters. The highest BCUT2D eigenvalue weighted by molar-refractivity contribution is 5.96. The van der Waals surface area contributed by atoms with Crippen LogP contribution < -0.4 is 5.32 Å². The van der Waals surface area contributed by atoms with Crippen molar-refractivity contribution in [3.8, 4) is 0 Å². The largest absolute Gasteiger partial charge is 0.341 e. The lowest BCUT2D eigenvalue weighted by Crippen LogP contribution is -2.49. The molecule has 2 aromatic rings. The highest BCUT2D eigenvalue weighted by Gasteiger charge is 2.45. The Morgan fingerprint density at radius 1 is 1.21 bits per heavy atom. The van der Waals surface area contributed by atoms with Crippen LogP contribution in [-0.4, -0.2) is 45.2 Å². The molecule has 1 aliphatic carbocycles. The quantitative estimate of drug-likeness (QED) is 0.936. The summed E-state index contributed by atoms with van der Waals surface area (Å²) in [6.07, 6.45) is 8.36. The summed E-state index contributed by atoms with van der Waals surface area (Å²) in [7, 11) is 0. The SMILES string of the molecule is C[C@H](NC(=O)c1cn2ccccc2n1)C(=O)N1CCC2(CC1)CC2. The molecule has 0 bridgehead atoms. The fourth-order valence-electron chi connectivity index (χ4n) is 3.53. The zero-order valence-corrected chi connectivity index (χ0v) is 13.9. The van der Waals surface area contributed by atoms with Gasteiger partial charge in [0.15, 0.2) is 0 Å². The van der Waals surface area contributed by atoms with Crippen molar-refractivity contribution in [3.05, 3.63) is 36.3 Å². The normalized spacial score (nSPS) is 20.1. The molecule has 2 amide bonds. The van der Waals surface area contributed by atoms with Crippen molar-refractivity contribution >= 4 is 17.5 Å². The highest BCUT2D eigenvalue weighted by Crippen LogP contribution is 2.53. The minimum Gasteiger partial charge on any atom is -0.341 e. The van der Waals surface area contributed by atoms with Crippen LogP contribution in [0.25, 0.3) is 5.65 Å². The highest BCUT2D eigenvalue weighted by atomic mass is 16.2. The number of hydrogen-bond donors (Lipinski definition) is 1. The van der Waals surface area contributed by atoms with E-state index in [0.29, 0.717) is 16.8 Å². The van der Waals surface area contributed by atoms with Crippen LogP contribution in [0.2, 0.25) is 0 Å². The number of likely N-dealkylation sites (tertiary alicyclic amines) is 1. The van der Waals surface area contributed by atoms with Crippen LogP contribution in [0.3, 0.4) is 0 Å². The summed E-state index contributed by atoms with van der Waals surface area (Å²) in [6, 6.07) is 5.06. The van der Waals surface area contributed by atoms with Gasteiger partial charge in [-0.05, 0) is 50.2 Å². The van der Waals surface area contributed by atoms with Gasteiger partial charge in [-0.15, -0.1) is 0 Å². The van der Waals surface area contributed by atoms with Gasteiger partial charge < -0.3 is 14.6 Å². The Morgan fingerprint density at radius 2 is 1.96 bits per heavy atom. The number of hydrogen-bond acceptors (Lipinski definition) is 3. The second-order valence-electron chi connectivity index (χ2n) is 7.11. The molecule has 24 heavy (non-hydrogen) atoms. The number of aromatic nitrogens is 2. The molecule has 1 saturated carbocycles. The Labute approximate surface area is 140 Å². The second-order valence-corrected chi connectivity index (χ2v) is 7.11. The van der Waals surface area contributed by atoms with E-state index in [1.54, 1.807) is 17.5 Å². The molecule has 6 heteroatoms. The Hall–Kier alpha value is -2.37. The van der Waals surface area contributed by atoms with E-state index in [-0.39, 0.29) is 11.8 Å². The van der Waals surface area contributed by atoms with Crippen molar-refractivity contribution in [2.45, 2.75) is 38.6 Å². The van der Waals surface area contributed by atoms with E-state index in [1.807, 2.05) is 29.3 Å². The predicted octanol–water partition coefficient (Wildman–Crippen LogP) is 1.86. The van der Waals surface area contributed by atoms with E-state index in [1.165, 1.54) is 12.8 Å². The third-order valence-electron chi connectivity index (χ3n) is 5.41. The molecule has 6 nitrogen and oxygen atoms in total. The standard InChI is InChI=1S/C18H22N4O2/c1-13(17(24)21-10-7-18(5-6-18)8-11-21)19-16(23)14-12-22-9-3-2-4-15(22)20-14/h2-4,9,12-13H,5-8,10-11H2,1H3,(H,19,23)/t13-/m0/s1. The molecule has 1 spiro atoms. The molecular weight excluding hydrogens is 304 g/mol. The maximum atomic E-state index is 12.6. The first-order valence-electron chi connectivity index (χ1n) is 8.60. The summed E-state index contributed by atoms with van der Waals surface area (Å²) in [5, 5.41) is 2.78. The van der Waals surface area contributed by atoms with Gasteiger partial charge in [-0.1, -0.05) is 6.07 Å². The molecular formula is C18H22N4O2. The lowest BCUT2D eigenvalue weighted by atomic mass is 9.93. The van der Waals surface area contributed by atoms with Crippen molar-refractivity contribution < 1.29 is 9.59 Å². The van der Waals surface area contributed by atoms with Crippen LogP contribution in [0.5, 0.6) is 0 Å². The van der Waals surface area contributed by atoms with Crippen molar-refractivity contribution in [1.82, 2.24) is 19.6 Å². The van der Waals surface area contributed by atoms with Crippen molar-refractivity contribution in [1.29, 1.82) is 0 Å². The van der Waals surface area contributed by atoms with Crippen molar-refractivity contribution in [3.63, 3.8) is 0 Å². The zero-order chi connectivity index (χ0) is 16.7. The molecule has 2 aliphatic rings. The third kappa shape index (κ3) is 2.77. The van der Waals surface area contributed by atoms with Crippen LogP contribution in [-0.2, 0) is 4.79 Å². The lowest BCUT2D eigenvalue weighted by molar-refractivity contribution is -0.134. The summed E-state index contributed by atoms with van der Waals surface area (Å²) in [4.78, 5) is 31.1. The average Bonchev–Trinajstić information content (AvgIpc) is 3.20. The number of carbonyl (C=O) groups excluding carboxylic acids is 2. The molecule has 0 radical (unpaired) electrons. The van der Waals surface area contributed by atoms with Crippen LogP contribution in [0.15, 0.2) is 30.6 Å². The Bertz CT molecular complexity index is 750. The first-order chi connectivity index (χ1) is 11.6. The summed E-state index contributed by atoms with van der Waals surface area (Å²) < 4.78 is 1.79. The number of amides is 2. The van der Waals surface area contributed by atoms with Gasteiger partial charge in [0.2, 0.25) is 5.91 Å². The molecule has 0 unspecified atom stereocenters. The molecule has 1 aliphatic heterocycles. The van der Waals surface area contributed by atoms with E-state index >= 15 is 0 Å². The Balaban J connectivity index is 1.38. The van der Waals surface area contributed by atoms with Gasteiger partial charge in [0, 0.05) is 25.5 Å². The molecule has 126 valence electrons. The van der Waals surface area contributed by atoms with E-state index in [2.05, 4.69) is 10.3 Å². The second kappa shape index (κ2) is 5.61. The predicted molar refractivity (Wildman–Crippen MR) is 89.6 cm³/mol. The zero-order valence-electron chi connectivity index (χ0n) is 13.9. The fourth-order valence-corrected chi connectivity index (χ4v) is 3.53. The number of imidazole rings is 1. The average molecular weight is 326 g/mol. The van der Waals surface area contributed by atoms with Crippen LogP contribution in [0.1, 0.15) is 43.1 Å². The number of rotatable bonds is 3. The molecule has 2 fully saturated rings. The smallest absolute Gasteiger partial charge is 0.272 e. The van der Waals surface area contributed by atoms with Gasteiger partial charge in [0.05, 0.1) is 0 Å². The number of pyridine rings is 1. The minimum atomic E-state index is -0.532. The van der Waals surface area contributed by atoms with Gasteiger partial charge in [0.1, 0.15) is 17.4 Å². The van der Waals surface area contributed by atoms with Crippen LogP contribution in [0, 0.1) is 5.41 Å². The molecule has 3 heterocycles. The Morgan fingerprint density at radius 3 is 2.62 bits per heavy atom. The minimum absolute atomic E-state index is 0.00242. The maximum Gasteiger partial charge on any atom is 0.272 e. The molecule has 1 N–H and O–H groups in total. The number of nitrogens with one attached hydrogen (secondary N) is 1. The van der Waals surface area contributed by atoms with Crippen molar-refractivity contribution in [2.24, 2.45) is 5.41 Å². The summed E-state index contributed by atoms with van der Waals surface area (Å²) in [6.45, 7) is 3.37. The summed E-state index contributed by atoms with van der Waals surface area (Å²) in [5.74, 6) is -0.308. The first-order valence-corrected chi connectivity index (χ1v) is 8.60. The van der Waals surface area contributed by atoms with Gasteiger partial charge in [-0.2, -0.15) is 0 Å². The third-order valence-corrected chi connectivity index (χ3v) is 5.41. The Kier molecular flexibility index (Phi) is 3.55. The van der Waals surface area contributed by atoms with E-state index in [4.69, 9.17) is 0 Å². The van der Waals surface area contributed by atoms with E-state index < -0.39 is 6.04 Å². The van der Waals surface area contributed by atoms with Gasteiger partial charge in [-0.25, -0.2) is 4.98 Å². The number of nitrogens with zero attached hydrogens (tertiary/aromatic N) is 3. The van der Waals surface area contributed by atoms with Gasteiger partial charge in [0.25, 0.3) is 5.91 Å². The summed E-state index contributed by atoms with van der Waals surface area (Å²) in [5.41, 5.74) is 1.59. The molecule has 1 saturated heterocycles.